The molecule has 0 saturated carbocycles. The van der Waals surface area contributed by atoms with Crippen LogP contribution < -0.4 is 26.8 Å². The average Bonchev–Trinajstić information content (AvgIpc) is 3.47. The Morgan fingerprint density at radius 1 is 0.951 bits per heavy atom. The number of carbonyl (C=O) groups is 2. The standard InChI is InChI=1S/C43H53ClN10O6S/c1-25(2)53-39-29(22-32(44)41(53)57)23-45-42(48-39)46-33-9-8-31(21-27(33)4)61(59,60)52-19-13-28(14-20-52)24-49(5)30-15-17-51(18-16-30)37-26(3)7-10-34-38(37)50(6)43(58)54(34)35-11-12-36(55)47-40(35)56/h7-10,21-23,25,28,30,35H,11-20,24H2,1-6H3,(H,45,46,48)(H,47,55,56). The highest BCUT2D eigenvalue weighted by molar-refractivity contribution is 7.89. The van der Waals surface area contributed by atoms with Crippen LogP contribution in [0.1, 0.15) is 75.6 Å². The number of hydrogen-bond donors (Lipinski definition) is 2. The molecular weight excluding hydrogens is 820 g/mol. The molecule has 0 spiro atoms. The first-order valence-corrected chi connectivity index (χ1v) is 22.8. The van der Waals surface area contributed by atoms with Crippen molar-refractivity contribution in [3.05, 3.63) is 79.6 Å². The van der Waals surface area contributed by atoms with Crippen molar-refractivity contribution in [2.24, 2.45) is 13.0 Å². The number of benzene rings is 2. The smallest absolute Gasteiger partial charge is 0.329 e. The lowest BCUT2D eigenvalue weighted by Gasteiger charge is -2.40. The van der Waals surface area contributed by atoms with Gasteiger partial charge in [-0.05, 0) is 114 Å². The molecule has 18 heteroatoms. The van der Waals surface area contributed by atoms with Crippen LogP contribution >= 0.6 is 11.6 Å². The van der Waals surface area contributed by atoms with Crippen molar-refractivity contribution in [3.8, 4) is 0 Å². The van der Waals surface area contributed by atoms with Gasteiger partial charge in [-0.15, -0.1) is 0 Å². The van der Waals surface area contributed by atoms with Gasteiger partial charge in [0.2, 0.25) is 27.8 Å². The molecule has 16 nitrogen and oxygen atoms in total. The summed E-state index contributed by atoms with van der Waals surface area (Å²) in [6, 6.07) is 9.93. The number of aromatic nitrogens is 5. The summed E-state index contributed by atoms with van der Waals surface area (Å²) >= 11 is 6.18. The van der Waals surface area contributed by atoms with Crippen LogP contribution in [0.25, 0.3) is 22.1 Å². The van der Waals surface area contributed by atoms with Crippen LogP contribution in [0.3, 0.4) is 0 Å². The Labute approximate surface area is 359 Å². The normalized spacial score (nSPS) is 18.8. The second kappa shape index (κ2) is 16.6. The molecule has 3 aliphatic rings. The van der Waals surface area contributed by atoms with E-state index in [1.807, 2.05) is 32.9 Å². The lowest BCUT2D eigenvalue weighted by Crippen LogP contribution is -2.46. The number of pyridine rings is 1. The molecule has 2 N–H and O–H groups in total. The molecule has 0 aliphatic carbocycles. The molecule has 324 valence electrons. The van der Waals surface area contributed by atoms with Gasteiger partial charge in [-0.1, -0.05) is 17.7 Å². The van der Waals surface area contributed by atoms with Crippen LogP contribution in [0.2, 0.25) is 5.02 Å². The molecule has 3 aliphatic heterocycles. The zero-order valence-corrected chi connectivity index (χ0v) is 37.0. The van der Waals surface area contributed by atoms with E-state index in [4.69, 9.17) is 11.6 Å². The first-order chi connectivity index (χ1) is 29.0. The van der Waals surface area contributed by atoms with E-state index < -0.39 is 22.0 Å². The lowest BCUT2D eigenvalue weighted by atomic mass is 9.95. The highest BCUT2D eigenvalue weighted by Crippen LogP contribution is 2.35. The van der Waals surface area contributed by atoms with Gasteiger partial charge < -0.3 is 15.1 Å². The molecule has 3 saturated heterocycles. The molecule has 2 aromatic carbocycles. The van der Waals surface area contributed by atoms with Crippen molar-refractivity contribution in [2.45, 2.75) is 89.2 Å². The number of anilines is 3. The minimum atomic E-state index is -3.72. The third kappa shape index (κ3) is 7.96. The summed E-state index contributed by atoms with van der Waals surface area (Å²) in [6.45, 7) is 11.0. The van der Waals surface area contributed by atoms with Crippen molar-refractivity contribution in [1.29, 1.82) is 0 Å². The predicted molar refractivity (Wildman–Crippen MR) is 236 cm³/mol. The Hall–Kier alpha value is -5.10. The van der Waals surface area contributed by atoms with E-state index in [1.54, 1.807) is 50.9 Å². The SMILES string of the molecule is Cc1cc(S(=O)(=O)N2CCC(CN(C)C3CCN(c4c(C)ccc5c4n(C)c(=O)n5C4CCC(=O)NC4=O)CC3)CC2)ccc1Nc1ncc2cc(Cl)c(=O)n(C(C)C)c2n1. The van der Waals surface area contributed by atoms with Crippen molar-refractivity contribution < 1.29 is 18.0 Å². The van der Waals surface area contributed by atoms with Gasteiger partial charge in [-0.3, -0.25) is 33.4 Å². The minimum absolute atomic E-state index is 0.101. The number of sulfonamides is 1. The quantitative estimate of drug-likeness (QED) is 0.180. The average molecular weight is 873 g/mol. The van der Waals surface area contributed by atoms with E-state index in [0.717, 1.165) is 62.1 Å². The Bertz CT molecular complexity index is 2780. The summed E-state index contributed by atoms with van der Waals surface area (Å²) in [5.74, 6) is -0.114. The van der Waals surface area contributed by atoms with Crippen LogP contribution in [-0.4, -0.2) is 98.9 Å². The molecule has 1 atom stereocenters. The fraction of sp³-hybridized carbons (Fsp3) is 0.488. The van der Waals surface area contributed by atoms with Crippen LogP contribution in [0.4, 0.5) is 17.3 Å². The van der Waals surface area contributed by atoms with Crippen molar-refractivity contribution in [3.63, 3.8) is 0 Å². The molecular formula is C43H53ClN10O6S. The number of rotatable bonds is 10. The molecule has 1 unspecified atom stereocenters. The number of nitrogens with one attached hydrogen (secondary N) is 2. The van der Waals surface area contributed by atoms with Crippen molar-refractivity contribution in [2.75, 3.05) is 50.0 Å². The summed E-state index contributed by atoms with van der Waals surface area (Å²) < 4.78 is 34.0. The minimum Gasteiger partial charge on any atom is -0.369 e. The second-order valence-electron chi connectivity index (χ2n) is 17.1. The van der Waals surface area contributed by atoms with Gasteiger partial charge in [0.25, 0.3) is 5.56 Å². The molecule has 8 rings (SSSR count). The number of imide groups is 1. The molecule has 3 fully saturated rings. The number of carbonyl (C=O) groups excluding carboxylic acids is 2. The fourth-order valence-electron chi connectivity index (χ4n) is 9.43. The molecule has 2 amide bonds. The predicted octanol–water partition coefficient (Wildman–Crippen LogP) is 5.02. The number of imidazole rings is 1. The zero-order valence-electron chi connectivity index (χ0n) is 35.4. The third-order valence-electron chi connectivity index (χ3n) is 12.8. The van der Waals surface area contributed by atoms with E-state index in [1.165, 1.54) is 4.57 Å². The molecule has 3 aromatic heterocycles. The maximum absolute atomic E-state index is 13.9. The largest absolute Gasteiger partial charge is 0.369 e. The second-order valence-corrected chi connectivity index (χ2v) is 19.5. The van der Waals surface area contributed by atoms with E-state index in [9.17, 15) is 27.6 Å². The third-order valence-corrected chi connectivity index (χ3v) is 15.0. The van der Waals surface area contributed by atoms with Crippen LogP contribution in [-0.2, 0) is 26.7 Å². The molecule has 6 heterocycles. The van der Waals surface area contributed by atoms with E-state index >= 15 is 0 Å². The maximum atomic E-state index is 13.9. The van der Waals surface area contributed by atoms with Gasteiger partial charge in [-0.2, -0.15) is 9.29 Å². The van der Waals surface area contributed by atoms with E-state index in [2.05, 4.69) is 44.4 Å². The van der Waals surface area contributed by atoms with Gasteiger partial charge >= 0.3 is 5.69 Å². The van der Waals surface area contributed by atoms with E-state index in [-0.39, 0.29) is 45.5 Å². The number of amides is 2. The Kier molecular flexibility index (Phi) is 11.6. The summed E-state index contributed by atoms with van der Waals surface area (Å²) in [4.78, 5) is 65.0. The van der Waals surface area contributed by atoms with Gasteiger partial charge in [0.05, 0.1) is 21.6 Å². The van der Waals surface area contributed by atoms with Crippen molar-refractivity contribution in [1.82, 2.24) is 38.2 Å². The number of aryl methyl sites for hydroxylation is 3. The van der Waals surface area contributed by atoms with Gasteiger partial charge in [0, 0.05) is 75.5 Å². The summed E-state index contributed by atoms with van der Waals surface area (Å²) in [5, 5.41) is 6.32. The summed E-state index contributed by atoms with van der Waals surface area (Å²) in [7, 11) is 0.195. The first kappa shape index (κ1) is 42.6. The Morgan fingerprint density at radius 2 is 1.67 bits per heavy atom. The van der Waals surface area contributed by atoms with Crippen LogP contribution in [0.15, 0.2) is 57.1 Å². The molecule has 5 aromatic rings. The summed E-state index contributed by atoms with van der Waals surface area (Å²) in [6.07, 6.45) is 5.51. The van der Waals surface area contributed by atoms with Crippen LogP contribution in [0, 0.1) is 19.8 Å². The molecule has 0 radical (unpaired) electrons. The number of fused-ring (bicyclic) bond motifs is 2. The molecule has 0 bridgehead atoms. The van der Waals surface area contributed by atoms with Gasteiger partial charge in [0.15, 0.2) is 0 Å². The van der Waals surface area contributed by atoms with Gasteiger partial charge in [-0.25, -0.2) is 18.2 Å². The highest BCUT2D eigenvalue weighted by Gasteiger charge is 2.35. The van der Waals surface area contributed by atoms with Crippen molar-refractivity contribution >= 4 is 72.8 Å². The van der Waals surface area contributed by atoms with Gasteiger partial charge in [0.1, 0.15) is 16.7 Å². The highest BCUT2D eigenvalue weighted by atomic mass is 35.5. The Balaban J connectivity index is 0.873. The topological polar surface area (TPSA) is 177 Å². The van der Waals surface area contributed by atoms with Crippen LogP contribution in [0.5, 0.6) is 0 Å². The lowest BCUT2D eigenvalue weighted by molar-refractivity contribution is -0.135. The van der Waals surface area contributed by atoms with E-state index in [0.29, 0.717) is 59.3 Å². The maximum Gasteiger partial charge on any atom is 0.329 e. The number of halogens is 1. The fourth-order valence-corrected chi connectivity index (χ4v) is 11.2. The number of nitrogens with zero attached hydrogens (tertiary/aromatic N) is 8. The Morgan fingerprint density at radius 3 is 2.34 bits per heavy atom. The zero-order chi connectivity index (χ0) is 43.5. The molecule has 61 heavy (non-hydrogen) atoms. The monoisotopic (exact) mass is 872 g/mol. The first-order valence-electron chi connectivity index (χ1n) is 21.0. The number of hydrogen-bond acceptors (Lipinski definition) is 11. The summed E-state index contributed by atoms with van der Waals surface area (Å²) in [5.41, 5.74) is 4.78. The number of piperidine rings is 3.